The first-order chi connectivity index (χ1) is 15.9. The van der Waals surface area contributed by atoms with Crippen molar-refractivity contribution in [1.82, 2.24) is 14.7 Å². The lowest BCUT2D eigenvalue weighted by Gasteiger charge is -2.31. The third-order valence-electron chi connectivity index (χ3n) is 5.76. The number of methoxy groups -OCH3 is 1. The van der Waals surface area contributed by atoms with Gasteiger partial charge >= 0.3 is 0 Å². The highest BCUT2D eigenvalue weighted by molar-refractivity contribution is 5.83. The minimum atomic E-state index is -0.692. The predicted octanol–water partition coefficient (Wildman–Crippen LogP) is 3.33. The number of ether oxygens (including phenoxy) is 1. The van der Waals surface area contributed by atoms with Crippen LogP contribution in [-0.4, -0.2) is 46.8 Å². The number of amides is 1. The summed E-state index contributed by atoms with van der Waals surface area (Å²) >= 11 is 0. The highest BCUT2D eigenvalue weighted by Crippen LogP contribution is 2.35. The molecule has 0 bridgehead atoms. The maximum Gasteiger partial charge on any atom is 0.244 e. The van der Waals surface area contributed by atoms with Crippen molar-refractivity contribution in [3.63, 3.8) is 0 Å². The monoisotopic (exact) mass is 451 g/mol. The summed E-state index contributed by atoms with van der Waals surface area (Å²) in [5.41, 5.74) is 7.78. The molecule has 1 unspecified atom stereocenters. The molecule has 2 N–H and O–H groups in total. The molecule has 1 atom stereocenters. The van der Waals surface area contributed by atoms with E-state index in [4.69, 9.17) is 15.7 Å². The van der Waals surface area contributed by atoms with Crippen molar-refractivity contribution in [2.24, 2.45) is 5.73 Å². The summed E-state index contributed by atoms with van der Waals surface area (Å²) in [7, 11) is 1.37. The number of aromatic nitrogens is 2. The molecule has 0 spiro atoms. The Kier molecular flexibility index (Phi) is 6.38. The zero-order chi connectivity index (χ0) is 23.5. The number of hydrogen-bond donors (Lipinski definition) is 1. The van der Waals surface area contributed by atoms with E-state index in [0.717, 1.165) is 12.8 Å². The van der Waals surface area contributed by atoms with E-state index < -0.39 is 11.6 Å². The normalized spacial score (nSPS) is 15.8. The van der Waals surface area contributed by atoms with E-state index in [-0.39, 0.29) is 29.8 Å². The molecule has 1 fully saturated rings. The molecule has 170 valence electrons. The van der Waals surface area contributed by atoms with Crippen LogP contribution in [0.25, 0.3) is 22.4 Å². The first-order valence-corrected chi connectivity index (χ1v) is 10.5. The molecule has 0 aliphatic carbocycles. The molecule has 1 aliphatic heterocycles. The number of carbonyl (C=O) groups excluding carboxylic acids is 1. The molecule has 33 heavy (non-hydrogen) atoms. The van der Waals surface area contributed by atoms with Gasteiger partial charge in [0, 0.05) is 30.3 Å². The van der Waals surface area contributed by atoms with E-state index in [1.54, 1.807) is 23.1 Å². The van der Waals surface area contributed by atoms with E-state index in [1.165, 1.54) is 42.3 Å². The molecule has 3 aromatic rings. The Bertz CT molecular complexity index is 1230. The number of nitrogens with zero attached hydrogens (tertiary/aromatic N) is 4. The molecule has 1 saturated heterocycles. The third kappa shape index (κ3) is 4.56. The van der Waals surface area contributed by atoms with Gasteiger partial charge in [-0.15, -0.1) is 0 Å². The van der Waals surface area contributed by atoms with Crippen molar-refractivity contribution >= 4 is 5.91 Å². The summed E-state index contributed by atoms with van der Waals surface area (Å²) in [6.07, 6.45) is 3.21. The first kappa shape index (κ1) is 22.4. The van der Waals surface area contributed by atoms with Crippen LogP contribution in [0.4, 0.5) is 8.78 Å². The minimum Gasteiger partial charge on any atom is -0.494 e. The third-order valence-corrected chi connectivity index (χ3v) is 5.76. The van der Waals surface area contributed by atoms with Gasteiger partial charge in [-0.3, -0.25) is 9.48 Å². The molecule has 9 heteroatoms. The minimum absolute atomic E-state index is 0.0646. The van der Waals surface area contributed by atoms with Gasteiger partial charge in [-0.1, -0.05) is 12.1 Å². The highest BCUT2D eigenvalue weighted by Gasteiger charge is 2.24. The van der Waals surface area contributed by atoms with E-state index >= 15 is 0 Å². The van der Waals surface area contributed by atoms with Crippen LogP contribution in [-0.2, 0) is 11.3 Å². The topological polar surface area (TPSA) is 97.2 Å². The van der Waals surface area contributed by atoms with Gasteiger partial charge in [0.15, 0.2) is 11.6 Å². The zero-order valence-corrected chi connectivity index (χ0v) is 18.1. The molecule has 4 rings (SSSR count). The summed E-state index contributed by atoms with van der Waals surface area (Å²) in [4.78, 5) is 14.7. The molecule has 0 radical (unpaired) electrons. The zero-order valence-electron chi connectivity index (χ0n) is 18.1. The second-order valence-electron chi connectivity index (χ2n) is 7.96. The first-order valence-electron chi connectivity index (χ1n) is 10.5. The Balaban J connectivity index is 1.77. The number of carbonyl (C=O) groups is 1. The Morgan fingerprint density at radius 3 is 2.67 bits per heavy atom. The number of benzene rings is 2. The summed E-state index contributed by atoms with van der Waals surface area (Å²) < 4.78 is 35.3. The number of halogens is 2. The smallest absolute Gasteiger partial charge is 0.244 e. The predicted molar refractivity (Wildman–Crippen MR) is 118 cm³/mol. The Labute approximate surface area is 190 Å². The number of rotatable bonds is 5. The number of nitriles is 1. The summed E-state index contributed by atoms with van der Waals surface area (Å²) in [5, 5.41) is 13.4. The SMILES string of the molecule is COc1ccc(-c2cnn(CC(=O)N3CCCC(N)C3)c2-c2ccc(C#N)c(F)c2)cc1F. The van der Waals surface area contributed by atoms with Crippen LogP contribution in [0.3, 0.4) is 0 Å². The van der Waals surface area contributed by atoms with Crippen LogP contribution >= 0.6 is 0 Å². The van der Waals surface area contributed by atoms with Gasteiger partial charge in [-0.25, -0.2) is 8.78 Å². The number of likely N-dealkylation sites (tertiary alicyclic amines) is 1. The molecule has 2 aromatic carbocycles. The second-order valence-corrected chi connectivity index (χ2v) is 7.96. The van der Waals surface area contributed by atoms with Gasteiger partial charge in [0.2, 0.25) is 5.91 Å². The van der Waals surface area contributed by atoms with Crippen molar-refractivity contribution in [3.8, 4) is 34.2 Å². The summed E-state index contributed by atoms with van der Waals surface area (Å²) in [6.45, 7) is 1.00. The van der Waals surface area contributed by atoms with Crippen molar-refractivity contribution in [1.29, 1.82) is 5.26 Å². The fourth-order valence-corrected chi connectivity index (χ4v) is 4.07. The van der Waals surface area contributed by atoms with Gasteiger partial charge in [0.25, 0.3) is 0 Å². The van der Waals surface area contributed by atoms with Gasteiger partial charge < -0.3 is 15.4 Å². The summed E-state index contributed by atoms with van der Waals surface area (Å²) in [5.74, 6) is -1.31. The summed E-state index contributed by atoms with van der Waals surface area (Å²) in [6, 6.07) is 10.4. The molecular weight excluding hydrogens is 428 g/mol. The molecule has 1 amide bonds. The Morgan fingerprint density at radius 2 is 2.00 bits per heavy atom. The molecule has 0 saturated carbocycles. The van der Waals surface area contributed by atoms with Crippen LogP contribution in [0.2, 0.25) is 0 Å². The lowest BCUT2D eigenvalue weighted by molar-refractivity contribution is -0.133. The van der Waals surface area contributed by atoms with Crippen molar-refractivity contribution in [3.05, 3.63) is 59.8 Å². The molecular formula is C24H23F2N5O2. The fraction of sp³-hybridized carbons (Fsp3) is 0.292. The second kappa shape index (κ2) is 9.38. The molecule has 7 nitrogen and oxygen atoms in total. The molecule has 2 heterocycles. The quantitative estimate of drug-likeness (QED) is 0.642. The Morgan fingerprint density at radius 1 is 1.24 bits per heavy atom. The maximum atomic E-state index is 14.4. The van der Waals surface area contributed by atoms with Crippen LogP contribution in [0, 0.1) is 23.0 Å². The number of piperidine rings is 1. The van der Waals surface area contributed by atoms with Gasteiger partial charge in [-0.05, 0) is 42.7 Å². The largest absolute Gasteiger partial charge is 0.494 e. The fourth-order valence-electron chi connectivity index (χ4n) is 4.07. The van der Waals surface area contributed by atoms with Crippen molar-refractivity contribution < 1.29 is 18.3 Å². The lowest BCUT2D eigenvalue weighted by atomic mass is 10.00. The van der Waals surface area contributed by atoms with Crippen molar-refractivity contribution in [2.45, 2.75) is 25.4 Å². The lowest BCUT2D eigenvalue weighted by Crippen LogP contribution is -2.46. The van der Waals surface area contributed by atoms with Crippen LogP contribution in [0.1, 0.15) is 18.4 Å². The van der Waals surface area contributed by atoms with E-state index in [9.17, 15) is 13.6 Å². The van der Waals surface area contributed by atoms with Crippen LogP contribution in [0.15, 0.2) is 42.6 Å². The van der Waals surface area contributed by atoms with E-state index in [2.05, 4.69) is 5.10 Å². The molecule has 1 aliphatic rings. The maximum absolute atomic E-state index is 14.4. The van der Waals surface area contributed by atoms with Gasteiger partial charge in [-0.2, -0.15) is 10.4 Å². The van der Waals surface area contributed by atoms with Crippen molar-refractivity contribution in [2.75, 3.05) is 20.2 Å². The highest BCUT2D eigenvalue weighted by atomic mass is 19.1. The average molecular weight is 451 g/mol. The van der Waals surface area contributed by atoms with Crippen LogP contribution in [0.5, 0.6) is 5.75 Å². The van der Waals surface area contributed by atoms with Gasteiger partial charge in [0.1, 0.15) is 18.4 Å². The van der Waals surface area contributed by atoms with Crippen LogP contribution < -0.4 is 10.5 Å². The molecule has 1 aromatic heterocycles. The van der Waals surface area contributed by atoms with Gasteiger partial charge in [0.05, 0.1) is 24.6 Å². The van der Waals surface area contributed by atoms with E-state index in [0.29, 0.717) is 35.5 Å². The Hall–Kier alpha value is -3.77. The number of hydrogen-bond acceptors (Lipinski definition) is 5. The standard InChI is InChI=1S/C24H23F2N5O2/c1-33-22-7-6-15(9-21(22)26)19-12-29-31(14-23(32)30-8-2-3-18(28)13-30)24(19)16-4-5-17(11-27)20(25)10-16/h4-7,9-10,12,18H,2-3,8,13-14,28H2,1H3. The number of nitrogens with two attached hydrogens (primary N) is 1. The average Bonchev–Trinajstić information content (AvgIpc) is 3.22. The van der Waals surface area contributed by atoms with E-state index in [1.807, 2.05) is 0 Å².